The van der Waals surface area contributed by atoms with Gasteiger partial charge in [-0.05, 0) is 42.0 Å². The molecule has 0 bridgehead atoms. The lowest BCUT2D eigenvalue weighted by Crippen LogP contribution is -2.14. The van der Waals surface area contributed by atoms with Crippen LogP contribution in [0.1, 0.15) is 10.4 Å². The standard InChI is InChI=1S/C18H15N5O2S2/c1-25-14-10-11(26-2)5-6-12(14)16(24)20-17-21-18-19-8-7-13(23(18)22-17)15-4-3-9-27-15/h3-10H,1-2H3,(H,20,22,24). The lowest BCUT2D eigenvalue weighted by atomic mass is 10.2. The van der Waals surface area contributed by atoms with Crippen molar-refractivity contribution >= 4 is 40.7 Å². The maximum absolute atomic E-state index is 12.7. The zero-order valence-electron chi connectivity index (χ0n) is 14.5. The molecule has 0 unspecified atom stereocenters. The summed E-state index contributed by atoms with van der Waals surface area (Å²) >= 11 is 3.18. The lowest BCUT2D eigenvalue weighted by molar-refractivity contribution is 0.102. The summed E-state index contributed by atoms with van der Waals surface area (Å²) < 4.78 is 6.96. The van der Waals surface area contributed by atoms with Gasteiger partial charge in [-0.25, -0.2) is 4.98 Å². The summed E-state index contributed by atoms with van der Waals surface area (Å²) in [6.45, 7) is 0. The normalized spacial score (nSPS) is 10.9. The van der Waals surface area contributed by atoms with E-state index < -0.39 is 0 Å². The minimum atomic E-state index is -0.340. The minimum Gasteiger partial charge on any atom is -0.496 e. The Hall–Kier alpha value is -2.91. The van der Waals surface area contributed by atoms with Gasteiger partial charge in [0.15, 0.2) is 0 Å². The molecule has 0 aliphatic rings. The summed E-state index contributed by atoms with van der Waals surface area (Å²) in [7, 11) is 1.54. The lowest BCUT2D eigenvalue weighted by Gasteiger charge is -2.08. The highest BCUT2D eigenvalue weighted by molar-refractivity contribution is 7.98. The molecule has 1 N–H and O–H groups in total. The molecule has 9 heteroatoms. The van der Waals surface area contributed by atoms with Crippen LogP contribution < -0.4 is 10.1 Å². The van der Waals surface area contributed by atoms with Crippen molar-refractivity contribution in [3.63, 3.8) is 0 Å². The van der Waals surface area contributed by atoms with Crippen molar-refractivity contribution in [3.05, 3.63) is 53.5 Å². The van der Waals surface area contributed by atoms with Crippen LogP contribution in [0.3, 0.4) is 0 Å². The molecule has 0 atom stereocenters. The second kappa shape index (κ2) is 7.37. The van der Waals surface area contributed by atoms with Gasteiger partial charge in [-0.3, -0.25) is 10.1 Å². The maximum atomic E-state index is 12.7. The van der Waals surface area contributed by atoms with Gasteiger partial charge in [0.2, 0.25) is 0 Å². The summed E-state index contributed by atoms with van der Waals surface area (Å²) in [5.41, 5.74) is 1.28. The molecule has 0 aliphatic heterocycles. The van der Waals surface area contributed by atoms with Crippen molar-refractivity contribution in [1.82, 2.24) is 19.6 Å². The Morgan fingerprint density at radius 1 is 1.30 bits per heavy atom. The molecule has 0 saturated heterocycles. The SMILES string of the molecule is COc1cc(SC)ccc1C(=O)Nc1nc2nccc(-c3cccs3)n2n1. The molecular formula is C18H15N5O2S2. The number of carbonyl (C=O) groups is 1. The van der Waals surface area contributed by atoms with Crippen molar-refractivity contribution in [2.75, 3.05) is 18.7 Å². The fourth-order valence-corrected chi connectivity index (χ4v) is 3.78. The number of hydrogen-bond acceptors (Lipinski definition) is 7. The van der Waals surface area contributed by atoms with E-state index in [1.165, 1.54) is 7.11 Å². The van der Waals surface area contributed by atoms with Crippen molar-refractivity contribution in [3.8, 4) is 16.3 Å². The highest BCUT2D eigenvalue weighted by Crippen LogP contribution is 2.27. The van der Waals surface area contributed by atoms with E-state index in [9.17, 15) is 4.79 Å². The highest BCUT2D eigenvalue weighted by Gasteiger charge is 2.17. The smallest absolute Gasteiger partial charge is 0.261 e. The van der Waals surface area contributed by atoms with Gasteiger partial charge >= 0.3 is 0 Å². The molecule has 4 aromatic rings. The number of hydrogen-bond donors (Lipinski definition) is 1. The third-order valence-corrected chi connectivity index (χ3v) is 5.51. The van der Waals surface area contributed by atoms with Crippen molar-refractivity contribution < 1.29 is 9.53 Å². The summed E-state index contributed by atoms with van der Waals surface area (Å²) in [5, 5.41) is 9.11. The van der Waals surface area contributed by atoms with E-state index in [1.54, 1.807) is 39.9 Å². The molecule has 0 aliphatic carbocycles. The van der Waals surface area contributed by atoms with Crippen LogP contribution in [0.4, 0.5) is 5.95 Å². The number of ether oxygens (including phenoxy) is 1. The fourth-order valence-electron chi connectivity index (χ4n) is 2.61. The van der Waals surface area contributed by atoms with Crippen LogP contribution in [-0.4, -0.2) is 38.9 Å². The number of anilines is 1. The van der Waals surface area contributed by atoms with Gasteiger partial charge in [0.1, 0.15) is 5.75 Å². The quantitative estimate of drug-likeness (QED) is 0.516. The number of thioether (sulfide) groups is 1. The molecule has 0 saturated carbocycles. The predicted octanol–water partition coefficient (Wildman–Crippen LogP) is 3.84. The third kappa shape index (κ3) is 3.38. The highest BCUT2D eigenvalue weighted by atomic mass is 32.2. The first-order valence-electron chi connectivity index (χ1n) is 7.98. The summed E-state index contributed by atoms with van der Waals surface area (Å²) in [4.78, 5) is 23.3. The summed E-state index contributed by atoms with van der Waals surface area (Å²) in [6.07, 6.45) is 3.64. The number of fused-ring (bicyclic) bond motifs is 1. The molecule has 0 spiro atoms. The Labute approximate surface area is 163 Å². The second-order valence-corrected chi connectivity index (χ2v) is 7.30. The molecule has 1 aromatic carbocycles. The van der Waals surface area contributed by atoms with Gasteiger partial charge in [0.25, 0.3) is 17.6 Å². The minimum absolute atomic E-state index is 0.188. The van der Waals surface area contributed by atoms with Crippen LogP contribution in [0.2, 0.25) is 0 Å². The number of nitrogens with one attached hydrogen (secondary N) is 1. The molecular weight excluding hydrogens is 382 g/mol. The van der Waals surface area contributed by atoms with Crippen molar-refractivity contribution in [2.24, 2.45) is 0 Å². The van der Waals surface area contributed by atoms with Gasteiger partial charge in [0, 0.05) is 11.1 Å². The van der Waals surface area contributed by atoms with E-state index in [-0.39, 0.29) is 11.9 Å². The monoisotopic (exact) mass is 397 g/mol. The molecule has 27 heavy (non-hydrogen) atoms. The largest absolute Gasteiger partial charge is 0.496 e. The topological polar surface area (TPSA) is 81.4 Å². The van der Waals surface area contributed by atoms with E-state index in [0.29, 0.717) is 17.1 Å². The Morgan fingerprint density at radius 2 is 2.19 bits per heavy atom. The van der Waals surface area contributed by atoms with E-state index >= 15 is 0 Å². The maximum Gasteiger partial charge on any atom is 0.261 e. The number of benzene rings is 1. The zero-order valence-corrected chi connectivity index (χ0v) is 16.2. The summed E-state index contributed by atoms with van der Waals surface area (Å²) in [6, 6.07) is 11.3. The van der Waals surface area contributed by atoms with E-state index in [2.05, 4.69) is 20.4 Å². The Bertz CT molecular complexity index is 1110. The average molecular weight is 397 g/mol. The van der Waals surface area contributed by atoms with Crippen LogP contribution >= 0.6 is 23.1 Å². The van der Waals surface area contributed by atoms with Crippen LogP contribution in [0, 0.1) is 0 Å². The molecule has 136 valence electrons. The van der Waals surface area contributed by atoms with Crippen LogP contribution in [0.25, 0.3) is 16.3 Å². The molecule has 3 heterocycles. The van der Waals surface area contributed by atoms with E-state index in [1.807, 2.05) is 42.0 Å². The Balaban J connectivity index is 1.66. The van der Waals surface area contributed by atoms with Gasteiger partial charge in [0.05, 0.1) is 23.2 Å². The number of carbonyl (C=O) groups excluding carboxylic acids is 1. The Morgan fingerprint density at radius 3 is 2.93 bits per heavy atom. The number of thiophene rings is 1. The molecule has 0 radical (unpaired) electrons. The van der Waals surface area contributed by atoms with Gasteiger partial charge in [-0.2, -0.15) is 9.50 Å². The van der Waals surface area contributed by atoms with Crippen LogP contribution in [0.5, 0.6) is 5.75 Å². The van der Waals surface area contributed by atoms with Gasteiger partial charge in [-0.15, -0.1) is 28.2 Å². The number of methoxy groups -OCH3 is 1. The van der Waals surface area contributed by atoms with Gasteiger partial charge < -0.3 is 4.74 Å². The number of amides is 1. The van der Waals surface area contributed by atoms with E-state index in [0.717, 1.165) is 15.5 Å². The first-order valence-corrected chi connectivity index (χ1v) is 10.1. The molecule has 4 rings (SSSR count). The number of aromatic nitrogens is 4. The molecule has 1 amide bonds. The predicted molar refractivity (Wildman–Crippen MR) is 107 cm³/mol. The first kappa shape index (κ1) is 17.5. The Kier molecular flexibility index (Phi) is 4.78. The average Bonchev–Trinajstić information content (AvgIpc) is 3.36. The third-order valence-electron chi connectivity index (χ3n) is 3.89. The zero-order chi connectivity index (χ0) is 18.8. The first-order chi connectivity index (χ1) is 13.2. The molecule has 0 fully saturated rings. The van der Waals surface area contributed by atoms with Crippen LogP contribution in [-0.2, 0) is 0 Å². The molecule has 7 nitrogen and oxygen atoms in total. The van der Waals surface area contributed by atoms with Gasteiger partial charge in [-0.1, -0.05) is 6.07 Å². The summed E-state index contributed by atoms with van der Waals surface area (Å²) in [5.74, 6) is 0.766. The van der Waals surface area contributed by atoms with E-state index in [4.69, 9.17) is 4.74 Å². The van der Waals surface area contributed by atoms with Crippen molar-refractivity contribution in [1.29, 1.82) is 0 Å². The second-order valence-electron chi connectivity index (χ2n) is 5.47. The number of nitrogens with zero attached hydrogens (tertiary/aromatic N) is 4. The molecule has 3 aromatic heterocycles. The number of rotatable bonds is 5. The fraction of sp³-hybridized carbons (Fsp3) is 0.111. The van der Waals surface area contributed by atoms with Crippen LogP contribution in [0.15, 0.2) is 52.9 Å². The van der Waals surface area contributed by atoms with Crippen molar-refractivity contribution in [2.45, 2.75) is 4.90 Å².